The van der Waals surface area contributed by atoms with Gasteiger partial charge in [-0.05, 0) is 18.2 Å². The lowest BCUT2D eigenvalue weighted by Gasteiger charge is -2.23. The van der Waals surface area contributed by atoms with E-state index in [0.29, 0.717) is 0 Å². The minimum atomic E-state index is -4.04. The third-order valence-corrected chi connectivity index (χ3v) is 5.78. The van der Waals surface area contributed by atoms with Crippen LogP contribution in [0.2, 0.25) is 5.02 Å². The summed E-state index contributed by atoms with van der Waals surface area (Å²) in [6.45, 7) is -0.335. The highest BCUT2D eigenvalue weighted by molar-refractivity contribution is 7.89. The van der Waals surface area contributed by atoms with Crippen LogP contribution >= 0.6 is 11.6 Å². The van der Waals surface area contributed by atoms with Gasteiger partial charge in [-0.1, -0.05) is 11.6 Å². The van der Waals surface area contributed by atoms with Gasteiger partial charge in [0.15, 0.2) is 5.60 Å². The van der Waals surface area contributed by atoms with E-state index < -0.39 is 21.6 Å². The Morgan fingerprint density at radius 3 is 2.73 bits per heavy atom. The second-order valence-corrected chi connectivity index (χ2v) is 7.19. The zero-order valence-electron chi connectivity index (χ0n) is 11.6. The van der Waals surface area contributed by atoms with Crippen molar-refractivity contribution >= 4 is 27.6 Å². The van der Waals surface area contributed by atoms with Gasteiger partial charge in [-0.25, -0.2) is 13.2 Å². The van der Waals surface area contributed by atoms with Crippen molar-refractivity contribution in [3.8, 4) is 6.07 Å². The summed E-state index contributed by atoms with van der Waals surface area (Å²) in [7, 11) is -2.81. The molecule has 1 unspecified atom stereocenters. The van der Waals surface area contributed by atoms with Crippen LogP contribution in [0.1, 0.15) is 12.0 Å². The van der Waals surface area contributed by atoms with E-state index in [-0.39, 0.29) is 35.0 Å². The molecule has 0 amide bonds. The molecule has 118 valence electrons. The number of nitrogens with zero attached hydrogens (tertiary/aromatic N) is 2. The number of carboxylic acid groups (broad SMARTS) is 1. The van der Waals surface area contributed by atoms with Crippen LogP contribution in [-0.2, 0) is 19.6 Å². The van der Waals surface area contributed by atoms with Crippen LogP contribution in [-0.4, -0.2) is 49.6 Å². The molecule has 22 heavy (non-hydrogen) atoms. The van der Waals surface area contributed by atoms with E-state index in [4.69, 9.17) is 21.6 Å². The van der Waals surface area contributed by atoms with Crippen LogP contribution in [0.3, 0.4) is 0 Å². The molecule has 1 saturated heterocycles. The Bertz CT molecular complexity index is 758. The predicted octanol–water partition coefficient (Wildman–Crippen LogP) is 1.08. The fourth-order valence-corrected chi connectivity index (χ4v) is 4.22. The Labute approximate surface area is 132 Å². The zero-order valence-corrected chi connectivity index (χ0v) is 13.2. The first kappa shape index (κ1) is 16.7. The fraction of sp³-hybridized carbons (Fsp3) is 0.385. The Morgan fingerprint density at radius 2 is 2.23 bits per heavy atom. The van der Waals surface area contributed by atoms with Crippen LogP contribution in [0, 0.1) is 11.3 Å². The number of benzene rings is 1. The first-order valence-electron chi connectivity index (χ1n) is 6.25. The number of ether oxygens (including phenoxy) is 1. The summed E-state index contributed by atoms with van der Waals surface area (Å²) < 4.78 is 31.3. The highest BCUT2D eigenvalue weighted by Crippen LogP contribution is 2.31. The molecule has 2 rings (SSSR count). The average molecular weight is 345 g/mol. The lowest BCUT2D eigenvalue weighted by atomic mass is 10.0. The molecule has 1 aliphatic rings. The Balaban J connectivity index is 2.44. The molecular weight excluding hydrogens is 332 g/mol. The molecule has 0 aromatic heterocycles. The maximum atomic E-state index is 12.7. The van der Waals surface area contributed by atoms with E-state index in [1.165, 1.54) is 25.3 Å². The van der Waals surface area contributed by atoms with Crippen molar-refractivity contribution in [2.75, 3.05) is 20.2 Å². The van der Waals surface area contributed by atoms with Gasteiger partial charge in [0.1, 0.15) is 11.0 Å². The van der Waals surface area contributed by atoms with Crippen molar-refractivity contribution in [2.45, 2.75) is 16.9 Å². The highest BCUT2D eigenvalue weighted by atomic mass is 35.5. The molecule has 1 aliphatic heterocycles. The van der Waals surface area contributed by atoms with Gasteiger partial charge in [-0.3, -0.25) is 0 Å². The number of hydrogen-bond acceptors (Lipinski definition) is 5. The van der Waals surface area contributed by atoms with Crippen molar-refractivity contribution in [1.82, 2.24) is 4.31 Å². The predicted molar refractivity (Wildman–Crippen MR) is 76.9 cm³/mol. The highest BCUT2D eigenvalue weighted by Gasteiger charge is 2.49. The molecule has 0 saturated carbocycles. The number of aliphatic carboxylic acids is 1. The maximum absolute atomic E-state index is 12.7. The summed E-state index contributed by atoms with van der Waals surface area (Å²) in [5.41, 5.74) is -1.62. The first-order chi connectivity index (χ1) is 10.3. The molecule has 1 atom stereocenters. The summed E-state index contributed by atoms with van der Waals surface area (Å²) >= 11 is 5.81. The second-order valence-electron chi connectivity index (χ2n) is 4.84. The van der Waals surface area contributed by atoms with Gasteiger partial charge in [-0.2, -0.15) is 9.57 Å². The summed E-state index contributed by atoms with van der Waals surface area (Å²) in [5, 5.41) is 18.5. The minimum Gasteiger partial charge on any atom is -0.479 e. The molecule has 7 nitrogen and oxygen atoms in total. The molecule has 1 N–H and O–H groups in total. The van der Waals surface area contributed by atoms with E-state index in [0.717, 1.165) is 4.31 Å². The largest absolute Gasteiger partial charge is 0.479 e. The van der Waals surface area contributed by atoms with Gasteiger partial charge >= 0.3 is 5.97 Å². The Morgan fingerprint density at radius 1 is 1.55 bits per heavy atom. The summed E-state index contributed by atoms with van der Waals surface area (Å²) in [4.78, 5) is 11.1. The molecular formula is C13H13ClN2O5S. The average Bonchev–Trinajstić information content (AvgIpc) is 2.94. The Hall–Kier alpha value is -1.66. The first-order valence-corrected chi connectivity index (χ1v) is 8.07. The van der Waals surface area contributed by atoms with Crippen LogP contribution in [0.4, 0.5) is 0 Å². The van der Waals surface area contributed by atoms with Crippen molar-refractivity contribution in [2.24, 2.45) is 0 Å². The van der Waals surface area contributed by atoms with Crippen LogP contribution < -0.4 is 0 Å². The van der Waals surface area contributed by atoms with E-state index in [2.05, 4.69) is 0 Å². The topological polar surface area (TPSA) is 108 Å². The SMILES string of the molecule is COC1(C(=O)O)CCN(S(=O)(=O)c2cc(Cl)ccc2C#N)C1. The monoisotopic (exact) mass is 344 g/mol. The Kier molecular flexibility index (Phi) is 4.44. The van der Waals surface area contributed by atoms with Crippen molar-refractivity contribution in [3.63, 3.8) is 0 Å². The number of methoxy groups -OCH3 is 1. The molecule has 0 aliphatic carbocycles. The molecule has 1 aromatic rings. The van der Waals surface area contributed by atoms with Gasteiger partial charge < -0.3 is 9.84 Å². The van der Waals surface area contributed by atoms with E-state index >= 15 is 0 Å². The van der Waals surface area contributed by atoms with E-state index in [1.54, 1.807) is 6.07 Å². The molecule has 1 heterocycles. The van der Waals surface area contributed by atoms with E-state index in [9.17, 15) is 18.3 Å². The number of halogens is 1. The van der Waals surface area contributed by atoms with Gasteiger partial charge in [-0.15, -0.1) is 0 Å². The van der Waals surface area contributed by atoms with E-state index in [1.807, 2.05) is 0 Å². The third kappa shape index (κ3) is 2.68. The van der Waals surface area contributed by atoms with Gasteiger partial charge in [0.05, 0.1) is 12.1 Å². The number of nitriles is 1. The van der Waals surface area contributed by atoms with Crippen molar-refractivity contribution in [1.29, 1.82) is 5.26 Å². The number of sulfonamides is 1. The zero-order chi connectivity index (χ0) is 16.5. The second kappa shape index (κ2) is 5.85. The number of rotatable bonds is 4. The van der Waals surface area contributed by atoms with Gasteiger partial charge in [0.2, 0.25) is 10.0 Å². The quantitative estimate of drug-likeness (QED) is 0.875. The number of carbonyl (C=O) groups is 1. The standard InChI is InChI=1S/C13H13ClN2O5S/c1-21-13(12(17)18)4-5-16(8-13)22(19,20)11-6-10(14)3-2-9(11)7-15/h2-3,6H,4-5,8H2,1H3,(H,17,18). The molecule has 9 heteroatoms. The smallest absolute Gasteiger partial charge is 0.337 e. The number of hydrogen-bond donors (Lipinski definition) is 1. The van der Waals surface area contributed by atoms with Gasteiger partial charge in [0, 0.05) is 25.1 Å². The van der Waals surface area contributed by atoms with Crippen LogP contribution in [0.25, 0.3) is 0 Å². The maximum Gasteiger partial charge on any atom is 0.337 e. The summed E-state index contributed by atoms with van der Waals surface area (Å²) in [5.74, 6) is -1.22. The molecule has 0 spiro atoms. The molecule has 1 fully saturated rings. The fourth-order valence-electron chi connectivity index (χ4n) is 2.32. The normalized spacial score (nSPS) is 22.4. The minimum absolute atomic E-state index is 0.0140. The molecule has 1 aromatic carbocycles. The number of carboxylic acids is 1. The van der Waals surface area contributed by atoms with Crippen molar-refractivity contribution < 1.29 is 23.1 Å². The lowest BCUT2D eigenvalue weighted by molar-refractivity contribution is -0.160. The summed E-state index contributed by atoms with van der Waals surface area (Å²) in [6, 6.07) is 5.71. The van der Waals surface area contributed by atoms with Crippen LogP contribution in [0.15, 0.2) is 23.1 Å². The van der Waals surface area contributed by atoms with Crippen LogP contribution in [0.5, 0.6) is 0 Å². The molecule has 0 radical (unpaired) electrons. The van der Waals surface area contributed by atoms with Crippen molar-refractivity contribution in [3.05, 3.63) is 28.8 Å². The third-order valence-electron chi connectivity index (χ3n) is 3.66. The summed E-state index contributed by atoms with van der Waals surface area (Å²) in [6.07, 6.45) is 0.0283. The van der Waals surface area contributed by atoms with Gasteiger partial charge in [0.25, 0.3) is 0 Å². The lowest BCUT2D eigenvalue weighted by Crippen LogP contribution is -2.44. The molecule has 0 bridgehead atoms.